The van der Waals surface area contributed by atoms with Crippen molar-refractivity contribution in [1.29, 1.82) is 0 Å². The Balaban J connectivity index is 1.69. The quantitative estimate of drug-likeness (QED) is 0.757. The zero-order valence-electron chi connectivity index (χ0n) is 13.9. The van der Waals surface area contributed by atoms with Crippen LogP contribution in [-0.4, -0.2) is 19.7 Å². The molecule has 0 radical (unpaired) electrons. The monoisotopic (exact) mass is 326 g/mol. The number of hydrogen-bond acceptors (Lipinski definition) is 4. The van der Waals surface area contributed by atoms with E-state index in [4.69, 9.17) is 14.2 Å². The summed E-state index contributed by atoms with van der Waals surface area (Å²) < 4.78 is 16.6. The molecule has 1 heterocycles. The van der Waals surface area contributed by atoms with Crippen LogP contribution in [0.15, 0.2) is 54.6 Å². The maximum atomic E-state index is 11.7. The van der Waals surface area contributed by atoms with E-state index < -0.39 is 5.60 Å². The number of benzene rings is 2. The number of esters is 1. The smallest absolute Gasteiger partial charge is 0.308 e. The second-order valence-electron chi connectivity index (χ2n) is 6.00. The lowest BCUT2D eigenvalue weighted by Gasteiger charge is -2.28. The summed E-state index contributed by atoms with van der Waals surface area (Å²) >= 11 is 0. The predicted molar refractivity (Wildman–Crippen MR) is 90.7 cm³/mol. The summed E-state index contributed by atoms with van der Waals surface area (Å²) in [7, 11) is 1.41. The zero-order chi connectivity index (χ0) is 16.8. The fourth-order valence-electron chi connectivity index (χ4n) is 3.07. The molecular formula is C20H22O4. The van der Waals surface area contributed by atoms with E-state index in [-0.39, 0.29) is 12.4 Å². The summed E-state index contributed by atoms with van der Waals surface area (Å²) in [5.74, 6) is 0.551. The Hall–Kier alpha value is -2.33. The number of rotatable bonds is 6. The van der Waals surface area contributed by atoms with Crippen molar-refractivity contribution in [1.82, 2.24) is 0 Å². The van der Waals surface area contributed by atoms with Gasteiger partial charge in [0.1, 0.15) is 18.0 Å². The topological polar surface area (TPSA) is 44.8 Å². The van der Waals surface area contributed by atoms with E-state index in [1.165, 1.54) is 7.11 Å². The molecule has 0 bridgehead atoms. The third-order valence-electron chi connectivity index (χ3n) is 4.39. The molecule has 0 amide bonds. The van der Waals surface area contributed by atoms with Crippen molar-refractivity contribution in [2.24, 2.45) is 0 Å². The van der Waals surface area contributed by atoms with Gasteiger partial charge in [0.2, 0.25) is 0 Å². The second-order valence-corrected chi connectivity index (χ2v) is 6.00. The molecule has 0 saturated carbocycles. The Morgan fingerprint density at radius 2 is 1.88 bits per heavy atom. The lowest BCUT2D eigenvalue weighted by molar-refractivity contribution is -0.147. The van der Waals surface area contributed by atoms with Crippen LogP contribution in [0.1, 0.15) is 30.4 Å². The van der Waals surface area contributed by atoms with Gasteiger partial charge in [-0.15, -0.1) is 0 Å². The van der Waals surface area contributed by atoms with Crippen molar-refractivity contribution in [3.05, 3.63) is 65.7 Å². The van der Waals surface area contributed by atoms with Crippen LogP contribution in [0.2, 0.25) is 0 Å². The number of carbonyl (C=O) groups excluding carboxylic acids is 1. The van der Waals surface area contributed by atoms with Crippen LogP contribution in [0.4, 0.5) is 0 Å². The number of ether oxygens (including phenoxy) is 3. The van der Waals surface area contributed by atoms with Crippen molar-refractivity contribution in [3.8, 4) is 5.75 Å². The molecule has 4 heteroatoms. The molecule has 2 aromatic rings. The Kier molecular flexibility index (Phi) is 5.16. The molecule has 2 aromatic carbocycles. The van der Waals surface area contributed by atoms with E-state index in [0.717, 1.165) is 29.7 Å². The molecule has 24 heavy (non-hydrogen) atoms. The maximum Gasteiger partial charge on any atom is 0.308 e. The fourth-order valence-corrected chi connectivity index (χ4v) is 3.07. The highest BCUT2D eigenvalue weighted by Gasteiger charge is 2.39. The molecule has 0 aromatic heterocycles. The minimum Gasteiger partial charge on any atom is -0.489 e. The summed E-state index contributed by atoms with van der Waals surface area (Å²) in [4.78, 5) is 11.7. The van der Waals surface area contributed by atoms with Gasteiger partial charge in [0, 0.05) is 6.61 Å². The minimum absolute atomic E-state index is 0.244. The van der Waals surface area contributed by atoms with Crippen LogP contribution in [0.25, 0.3) is 0 Å². The van der Waals surface area contributed by atoms with Crippen molar-refractivity contribution in [2.45, 2.75) is 31.5 Å². The highest BCUT2D eigenvalue weighted by molar-refractivity contribution is 5.71. The molecule has 1 saturated heterocycles. The third-order valence-corrected chi connectivity index (χ3v) is 4.39. The third kappa shape index (κ3) is 3.77. The van der Waals surface area contributed by atoms with Crippen LogP contribution < -0.4 is 4.74 Å². The average molecular weight is 326 g/mol. The van der Waals surface area contributed by atoms with Gasteiger partial charge < -0.3 is 14.2 Å². The summed E-state index contributed by atoms with van der Waals surface area (Å²) in [6.07, 6.45) is 2.02. The van der Waals surface area contributed by atoms with Gasteiger partial charge in [-0.25, -0.2) is 0 Å². The molecule has 1 unspecified atom stereocenters. The molecule has 1 aliphatic rings. The first kappa shape index (κ1) is 16.5. The first-order chi connectivity index (χ1) is 11.7. The molecule has 0 N–H and O–H groups in total. The van der Waals surface area contributed by atoms with Gasteiger partial charge in [-0.1, -0.05) is 42.5 Å². The molecule has 1 fully saturated rings. The molecular weight excluding hydrogens is 304 g/mol. The largest absolute Gasteiger partial charge is 0.489 e. The van der Waals surface area contributed by atoms with Gasteiger partial charge in [-0.3, -0.25) is 4.79 Å². The Morgan fingerprint density at radius 1 is 1.12 bits per heavy atom. The molecule has 126 valence electrons. The normalized spacial score (nSPS) is 19.9. The van der Waals surface area contributed by atoms with Crippen molar-refractivity contribution >= 4 is 5.97 Å². The van der Waals surface area contributed by atoms with Crippen molar-refractivity contribution in [2.75, 3.05) is 13.7 Å². The standard InChI is InChI=1S/C20H22O4/c1-22-19(21)14-20(12-5-13-24-20)17-8-10-18(11-9-17)23-15-16-6-3-2-4-7-16/h2-4,6-11H,5,12-15H2,1H3. The highest BCUT2D eigenvalue weighted by atomic mass is 16.5. The van der Waals surface area contributed by atoms with Gasteiger partial charge in [0.25, 0.3) is 0 Å². The molecule has 0 aliphatic carbocycles. The Bertz CT molecular complexity index is 658. The summed E-state index contributed by atoms with van der Waals surface area (Å²) in [6.45, 7) is 1.20. The molecule has 1 aliphatic heterocycles. The molecule has 4 nitrogen and oxygen atoms in total. The van der Waals surface area contributed by atoms with E-state index in [1.807, 2.05) is 54.6 Å². The van der Waals surface area contributed by atoms with E-state index >= 15 is 0 Å². The van der Waals surface area contributed by atoms with Crippen LogP contribution in [0.5, 0.6) is 5.75 Å². The lowest BCUT2D eigenvalue weighted by Crippen LogP contribution is -2.28. The van der Waals surface area contributed by atoms with Gasteiger partial charge in [0.05, 0.1) is 13.5 Å². The van der Waals surface area contributed by atoms with Crippen LogP contribution in [-0.2, 0) is 26.5 Å². The van der Waals surface area contributed by atoms with Crippen LogP contribution >= 0.6 is 0 Å². The molecule has 1 atom stereocenters. The van der Waals surface area contributed by atoms with Gasteiger partial charge in [-0.2, -0.15) is 0 Å². The second kappa shape index (κ2) is 7.49. The van der Waals surface area contributed by atoms with E-state index in [2.05, 4.69) is 0 Å². The van der Waals surface area contributed by atoms with Crippen LogP contribution in [0, 0.1) is 0 Å². The summed E-state index contributed by atoms with van der Waals surface area (Å²) in [5, 5.41) is 0. The van der Waals surface area contributed by atoms with E-state index in [1.54, 1.807) is 0 Å². The van der Waals surface area contributed by atoms with Gasteiger partial charge >= 0.3 is 5.97 Å². The average Bonchev–Trinajstić information content (AvgIpc) is 3.11. The van der Waals surface area contributed by atoms with Crippen LogP contribution in [0.3, 0.4) is 0 Å². The summed E-state index contributed by atoms with van der Waals surface area (Å²) in [6, 6.07) is 17.9. The fraction of sp³-hybridized carbons (Fsp3) is 0.350. The Labute approximate surface area is 142 Å². The molecule has 0 spiro atoms. The van der Waals surface area contributed by atoms with Crippen molar-refractivity contribution < 1.29 is 19.0 Å². The lowest BCUT2D eigenvalue weighted by atomic mass is 9.87. The first-order valence-electron chi connectivity index (χ1n) is 8.20. The Morgan fingerprint density at radius 3 is 2.50 bits per heavy atom. The molecule has 3 rings (SSSR count). The number of hydrogen-bond donors (Lipinski definition) is 0. The minimum atomic E-state index is -0.564. The predicted octanol–water partition coefficient (Wildman–Crippen LogP) is 3.83. The van der Waals surface area contributed by atoms with E-state index in [9.17, 15) is 4.79 Å². The number of methoxy groups -OCH3 is 1. The van der Waals surface area contributed by atoms with Crippen molar-refractivity contribution in [3.63, 3.8) is 0 Å². The van der Waals surface area contributed by atoms with E-state index in [0.29, 0.717) is 13.2 Å². The highest BCUT2D eigenvalue weighted by Crippen LogP contribution is 2.40. The summed E-state index contributed by atoms with van der Waals surface area (Å²) in [5.41, 5.74) is 1.56. The number of carbonyl (C=O) groups is 1. The zero-order valence-corrected chi connectivity index (χ0v) is 13.9. The van der Waals surface area contributed by atoms with Gasteiger partial charge in [0.15, 0.2) is 0 Å². The first-order valence-corrected chi connectivity index (χ1v) is 8.20. The SMILES string of the molecule is COC(=O)CC1(c2ccc(OCc3ccccc3)cc2)CCCO1. The van der Waals surface area contributed by atoms with Gasteiger partial charge in [-0.05, 0) is 36.1 Å². The maximum absolute atomic E-state index is 11.7.